The largest absolute Gasteiger partial charge is 0.396 e. The first-order chi connectivity index (χ1) is 11.9. The van der Waals surface area contributed by atoms with Crippen molar-refractivity contribution in [2.45, 2.75) is 52.1 Å². The number of carbonyl (C=O) groups is 2. The Morgan fingerprint density at radius 1 is 1.16 bits per heavy atom. The Kier molecular flexibility index (Phi) is 7.00. The van der Waals surface area contributed by atoms with Crippen molar-refractivity contribution < 1.29 is 14.7 Å². The predicted octanol–water partition coefficient (Wildman–Crippen LogP) is 2.58. The van der Waals surface area contributed by atoms with E-state index in [-0.39, 0.29) is 30.4 Å². The van der Waals surface area contributed by atoms with E-state index in [9.17, 15) is 14.7 Å². The molecule has 1 aromatic rings. The molecule has 0 aliphatic heterocycles. The molecule has 1 fully saturated rings. The van der Waals surface area contributed by atoms with Crippen molar-refractivity contribution in [3.05, 3.63) is 35.4 Å². The molecule has 0 heterocycles. The van der Waals surface area contributed by atoms with Crippen LogP contribution in [-0.4, -0.2) is 41.5 Å². The molecule has 2 amide bonds. The van der Waals surface area contributed by atoms with Gasteiger partial charge in [-0.25, -0.2) is 0 Å². The first-order valence-corrected chi connectivity index (χ1v) is 9.16. The number of amides is 2. The molecule has 0 unspecified atom stereocenters. The molecule has 0 bridgehead atoms. The average Bonchev–Trinajstić information content (AvgIpc) is 2.62. The zero-order valence-corrected chi connectivity index (χ0v) is 15.5. The molecule has 5 nitrogen and oxygen atoms in total. The maximum absolute atomic E-state index is 12.4. The number of nitrogens with zero attached hydrogens (tertiary/aromatic N) is 1. The summed E-state index contributed by atoms with van der Waals surface area (Å²) in [5.41, 5.74) is 1.65. The summed E-state index contributed by atoms with van der Waals surface area (Å²) in [4.78, 5) is 26.0. The lowest BCUT2D eigenvalue weighted by Gasteiger charge is -2.28. The smallest absolute Gasteiger partial charge is 0.251 e. The summed E-state index contributed by atoms with van der Waals surface area (Å²) >= 11 is 0. The highest BCUT2D eigenvalue weighted by Gasteiger charge is 2.22. The molecule has 0 atom stereocenters. The van der Waals surface area contributed by atoms with Crippen molar-refractivity contribution in [3.8, 4) is 0 Å². The zero-order valence-electron chi connectivity index (χ0n) is 15.5. The predicted molar refractivity (Wildman–Crippen MR) is 98.1 cm³/mol. The standard InChI is InChI=1S/C20H30N2O3/c1-14(2)20(25)22(3)12-15-4-8-17(9-5-15)19(24)21-18-10-6-16(13-23)7-11-18/h4-5,8-9,14,16,18,23H,6-7,10-13H2,1-3H3,(H,21,24). The van der Waals surface area contributed by atoms with Gasteiger partial charge in [0.2, 0.25) is 5.91 Å². The molecule has 1 aromatic carbocycles. The Balaban J connectivity index is 1.87. The first-order valence-electron chi connectivity index (χ1n) is 9.16. The average molecular weight is 346 g/mol. The van der Waals surface area contributed by atoms with Crippen LogP contribution in [0, 0.1) is 11.8 Å². The van der Waals surface area contributed by atoms with Crippen LogP contribution >= 0.6 is 0 Å². The van der Waals surface area contributed by atoms with Crippen LogP contribution in [0.1, 0.15) is 55.5 Å². The Labute approximate surface area is 150 Å². The van der Waals surface area contributed by atoms with Crippen molar-refractivity contribution in [3.63, 3.8) is 0 Å². The number of nitrogens with one attached hydrogen (secondary N) is 1. The molecule has 2 rings (SSSR count). The number of aliphatic hydroxyl groups excluding tert-OH is 1. The summed E-state index contributed by atoms with van der Waals surface area (Å²) in [7, 11) is 1.80. The normalized spacial score (nSPS) is 20.4. The van der Waals surface area contributed by atoms with Crippen LogP contribution in [0.2, 0.25) is 0 Å². The van der Waals surface area contributed by atoms with Crippen molar-refractivity contribution >= 4 is 11.8 Å². The topological polar surface area (TPSA) is 69.6 Å². The van der Waals surface area contributed by atoms with Gasteiger partial charge in [-0.05, 0) is 49.3 Å². The van der Waals surface area contributed by atoms with Crippen LogP contribution in [0.4, 0.5) is 0 Å². The Morgan fingerprint density at radius 2 is 1.76 bits per heavy atom. The number of aliphatic hydroxyl groups is 1. The minimum Gasteiger partial charge on any atom is -0.396 e. The first kappa shape index (κ1) is 19.4. The van der Waals surface area contributed by atoms with E-state index in [4.69, 9.17) is 0 Å². The van der Waals surface area contributed by atoms with Gasteiger partial charge in [-0.1, -0.05) is 26.0 Å². The van der Waals surface area contributed by atoms with Gasteiger partial charge in [-0.2, -0.15) is 0 Å². The quantitative estimate of drug-likeness (QED) is 0.832. The van der Waals surface area contributed by atoms with Crippen molar-refractivity contribution in [2.24, 2.45) is 11.8 Å². The monoisotopic (exact) mass is 346 g/mol. The van der Waals surface area contributed by atoms with Crippen LogP contribution in [-0.2, 0) is 11.3 Å². The number of hydrogen-bond acceptors (Lipinski definition) is 3. The molecule has 0 radical (unpaired) electrons. The summed E-state index contributed by atoms with van der Waals surface area (Å²) in [5.74, 6) is 0.430. The molecule has 25 heavy (non-hydrogen) atoms. The molecule has 0 spiro atoms. The lowest BCUT2D eigenvalue weighted by molar-refractivity contribution is -0.133. The van der Waals surface area contributed by atoms with E-state index >= 15 is 0 Å². The molecule has 5 heteroatoms. The van der Waals surface area contributed by atoms with E-state index in [2.05, 4.69) is 5.32 Å². The van der Waals surface area contributed by atoms with Gasteiger partial charge < -0.3 is 15.3 Å². The Hall–Kier alpha value is -1.88. The van der Waals surface area contributed by atoms with Gasteiger partial charge in [-0.3, -0.25) is 9.59 Å². The fourth-order valence-corrected chi connectivity index (χ4v) is 3.31. The van der Waals surface area contributed by atoms with Crippen LogP contribution in [0.25, 0.3) is 0 Å². The van der Waals surface area contributed by atoms with Crippen LogP contribution in [0.15, 0.2) is 24.3 Å². The van der Waals surface area contributed by atoms with Crippen LogP contribution < -0.4 is 5.32 Å². The fourth-order valence-electron chi connectivity index (χ4n) is 3.31. The summed E-state index contributed by atoms with van der Waals surface area (Å²) in [6.07, 6.45) is 3.79. The molecule has 138 valence electrons. The molecule has 1 aliphatic rings. The van der Waals surface area contributed by atoms with Gasteiger partial charge in [0.05, 0.1) is 0 Å². The Bertz CT molecular complexity index is 575. The summed E-state index contributed by atoms with van der Waals surface area (Å²) in [6, 6.07) is 7.64. The van der Waals surface area contributed by atoms with Gasteiger partial charge in [-0.15, -0.1) is 0 Å². The maximum Gasteiger partial charge on any atom is 0.251 e. The highest BCUT2D eigenvalue weighted by Crippen LogP contribution is 2.24. The molecule has 0 aromatic heterocycles. The highest BCUT2D eigenvalue weighted by molar-refractivity contribution is 5.94. The summed E-state index contributed by atoms with van der Waals surface area (Å²) < 4.78 is 0. The van der Waals surface area contributed by atoms with E-state index < -0.39 is 0 Å². The van der Waals surface area contributed by atoms with Crippen molar-refractivity contribution in [1.82, 2.24) is 10.2 Å². The van der Waals surface area contributed by atoms with Gasteiger partial charge in [0.25, 0.3) is 5.91 Å². The zero-order chi connectivity index (χ0) is 18.4. The second-order valence-electron chi connectivity index (χ2n) is 7.42. The molecule has 0 saturated heterocycles. The lowest BCUT2D eigenvalue weighted by Crippen LogP contribution is -2.38. The molecular formula is C20H30N2O3. The minimum atomic E-state index is -0.0504. The Morgan fingerprint density at radius 3 is 2.28 bits per heavy atom. The van der Waals surface area contributed by atoms with Gasteiger partial charge in [0, 0.05) is 37.7 Å². The summed E-state index contributed by atoms with van der Waals surface area (Å²) in [5, 5.41) is 12.3. The molecule has 2 N–H and O–H groups in total. The second kappa shape index (κ2) is 8.99. The highest BCUT2D eigenvalue weighted by atomic mass is 16.3. The second-order valence-corrected chi connectivity index (χ2v) is 7.42. The van der Waals surface area contributed by atoms with E-state index in [1.165, 1.54) is 0 Å². The lowest BCUT2D eigenvalue weighted by atomic mass is 9.86. The minimum absolute atomic E-state index is 0.0176. The molecular weight excluding hydrogens is 316 g/mol. The van der Waals surface area contributed by atoms with Gasteiger partial charge in [0.15, 0.2) is 0 Å². The number of hydrogen-bond donors (Lipinski definition) is 2. The number of rotatable bonds is 6. The van der Waals surface area contributed by atoms with Gasteiger partial charge in [0.1, 0.15) is 0 Å². The third-order valence-electron chi connectivity index (χ3n) is 4.95. The molecule has 1 aliphatic carbocycles. The fraction of sp³-hybridized carbons (Fsp3) is 0.600. The van der Waals surface area contributed by atoms with Crippen molar-refractivity contribution in [2.75, 3.05) is 13.7 Å². The van der Waals surface area contributed by atoms with Crippen molar-refractivity contribution in [1.29, 1.82) is 0 Å². The SMILES string of the molecule is CC(C)C(=O)N(C)Cc1ccc(C(=O)NC2CCC(CO)CC2)cc1. The van der Waals surface area contributed by atoms with E-state index in [1.807, 2.05) is 38.1 Å². The third-order valence-corrected chi connectivity index (χ3v) is 4.95. The van der Waals surface area contributed by atoms with Crippen LogP contribution in [0.3, 0.4) is 0 Å². The third kappa shape index (κ3) is 5.56. The molecule has 1 saturated carbocycles. The van der Waals surface area contributed by atoms with E-state index in [0.717, 1.165) is 31.2 Å². The number of carbonyl (C=O) groups excluding carboxylic acids is 2. The van der Waals surface area contributed by atoms with E-state index in [0.29, 0.717) is 18.0 Å². The van der Waals surface area contributed by atoms with Gasteiger partial charge >= 0.3 is 0 Å². The summed E-state index contributed by atoms with van der Waals surface area (Å²) in [6.45, 7) is 4.57. The maximum atomic E-state index is 12.4. The number of benzene rings is 1. The van der Waals surface area contributed by atoms with E-state index in [1.54, 1.807) is 11.9 Å². The van der Waals surface area contributed by atoms with Crippen LogP contribution in [0.5, 0.6) is 0 Å².